The van der Waals surface area contributed by atoms with E-state index in [-0.39, 0.29) is 5.82 Å². The zero-order valence-corrected chi connectivity index (χ0v) is 11.2. The second-order valence-corrected chi connectivity index (χ2v) is 4.84. The fourth-order valence-corrected chi connectivity index (χ4v) is 2.03. The summed E-state index contributed by atoms with van der Waals surface area (Å²) >= 11 is 9.18. The molecule has 0 fully saturated rings. The van der Waals surface area contributed by atoms with Gasteiger partial charge < -0.3 is 5.32 Å². The summed E-state index contributed by atoms with van der Waals surface area (Å²) in [6.45, 7) is 0.609. The molecule has 0 bridgehead atoms. The van der Waals surface area contributed by atoms with Crippen molar-refractivity contribution >= 4 is 33.2 Å². The first kappa shape index (κ1) is 12.4. The summed E-state index contributed by atoms with van der Waals surface area (Å²) in [5, 5.41) is 3.91. The second kappa shape index (κ2) is 5.52. The molecule has 17 heavy (non-hydrogen) atoms. The Morgan fingerprint density at radius 2 is 1.94 bits per heavy atom. The summed E-state index contributed by atoms with van der Waals surface area (Å²) in [5.74, 6) is -0.270. The predicted octanol–water partition coefficient (Wildman–Crippen LogP) is 4.85. The van der Waals surface area contributed by atoms with Crippen LogP contribution in [0.15, 0.2) is 46.9 Å². The van der Waals surface area contributed by atoms with E-state index in [1.165, 1.54) is 6.07 Å². The first-order valence-electron chi connectivity index (χ1n) is 5.09. The molecule has 0 amide bonds. The smallest absolute Gasteiger partial charge is 0.137 e. The average Bonchev–Trinajstić information content (AvgIpc) is 2.32. The highest BCUT2D eigenvalue weighted by Gasteiger charge is 2.01. The van der Waals surface area contributed by atoms with E-state index in [4.69, 9.17) is 11.6 Å². The van der Waals surface area contributed by atoms with E-state index in [9.17, 15) is 4.39 Å². The minimum absolute atomic E-state index is 0.270. The molecule has 4 heteroatoms. The van der Waals surface area contributed by atoms with E-state index in [1.54, 1.807) is 12.1 Å². The third-order valence-corrected chi connectivity index (χ3v) is 3.34. The molecule has 0 radical (unpaired) electrons. The van der Waals surface area contributed by atoms with Crippen LogP contribution in [0.25, 0.3) is 0 Å². The Labute approximate surface area is 113 Å². The molecule has 0 aliphatic carbocycles. The third-order valence-electron chi connectivity index (χ3n) is 2.36. The molecule has 1 N–H and O–H groups in total. The summed E-state index contributed by atoms with van der Waals surface area (Å²) in [7, 11) is 0. The summed E-state index contributed by atoms with van der Waals surface area (Å²) < 4.78 is 13.5. The van der Waals surface area contributed by atoms with Crippen LogP contribution in [0.5, 0.6) is 0 Å². The van der Waals surface area contributed by atoms with Crippen molar-refractivity contribution in [2.45, 2.75) is 6.54 Å². The van der Waals surface area contributed by atoms with Crippen LogP contribution in [-0.4, -0.2) is 0 Å². The molecule has 2 rings (SSSR count). The lowest BCUT2D eigenvalue weighted by Crippen LogP contribution is -2.00. The van der Waals surface area contributed by atoms with Gasteiger partial charge in [-0.05, 0) is 45.8 Å². The lowest BCUT2D eigenvalue weighted by molar-refractivity contribution is 0.621. The molecule has 88 valence electrons. The van der Waals surface area contributed by atoms with Crippen LogP contribution in [0.1, 0.15) is 5.56 Å². The number of nitrogens with one attached hydrogen (secondary N) is 1. The molecule has 2 aromatic rings. The number of anilines is 1. The number of halogens is 3. The van der Waals surface area contributed by atoms with Crippen LogP contribution in [-0.2, 0) is 6.54 Å². The molecule has 2 aromatic carbocycles. The van der Waals surface area contributed by atoms with Gasteiger partial charge in [0, 0.05) is 17.3 Å². The monoisotopic (exact) mass is 313 g/mol. The maximum absolute atomic E-state index is 13.0. The second-order valence-electron chi connectivity index (χ2n) is 3.57. The highest BCUT2D eigenvalue weighted by molar-refractivity contribution is 9.10. The van der Waals surface area contributed by atoms with Gasteiger partial charge in [0.15, 0.2) is 0 Å². The largest absolute Gasteiger partial charge is 0.381 e. The SMILES string of the molecule is Fc1ccc(NCc2ccccc2Cl)cc1Br. The van der Waals surface area contributed by atoms with Crippen molar-refractivity contribution in [1.29, 1.82) is 0 Å². The van der Waals surface area contributed by atoms with Gasteiger partial charge in [0.1, 0.15) is 5.82 Å². The van der Waals surface area contributed by atoms with Crippen LogP contribution in [0.4, 0.5) is 10.1 Å². The molecule has 1 nitrogen and oxygen atoms in total. The van der Waals surface area contributed by atoms with E-state index in [2.05, 4.69) is 21.2 Å². The fourth-order valence-electron chi connectivity index (χ4n) is 1.45. The molecule has 0 saturated carbocycles. The molecule has 0 aliphatic rings. The fraction of sp³-hybridized carbons (Fsp3) is 0.0769. The minimum atomic E-state index is -0.270. The van der Waals surface area contributed by atoms with Crippen LogP contribution >= 0.6 is 27.5 Å². The molecule has 0 atom stereocenters. The van der Waals surface area contributed by atoms with Gasteiger partial charge in [-0.2, -0.15) is 0 Å². The van der Waals surface area contributed by atoms with E-state index < -0.39 is 0 Å². The van der Waals surface area contributed by atoms with Gasteiger partial charge in [0.2, 0.25) is 0 Å². The Morgan fingerprint density at radius 3 is 2.65 bits per heavy atom. The summed E-state index contributed by atoms with van der Waals surface area (Å²) in [4.78, 5) is 0. The lowest BCUT2D eigenvalue weighted by atomic mass is 10.2. The van der Waals surface area contributed by atoms with E-state index in [0.717, 1.165) is 16.3 Å². The summed E-state index contributed by atoms with van der Waals surface area (Å²) in [6, 6.07) is 12.4. The van der Waals surface area contributed by atoms with Crippen LogP contribution < -0.4 is 5.32 Å². The van der Waals surface area contributed by atoms with Gasteiger partial charge in [0.25, 0.3) is 0 Å². The summed E-state index contributed by atoms with van der Waals surface area (Å²) in [5.41, 5.74) is 1.85. The quantitative estimate of drug-likeness (QED) is 0.853. The molecular formula is C13H10BrClFN. The van der Waals surface area contributed by atoms with Crippen molar-refractivity contribution in [3.05, 3.63) is 63.3 Å². The van der Waals surface area contributed by atoms with Crippen molar-refractivity contribution in [1.82, 2.24) is 0 Å². The predicted molar refractivity (Wildman–Crippen MR) is 72.9 cm³/mol. The van der Waals surface area contributed by atoms with Crippen molar-refractivity contribution in [3.63, 3.8) is 0 Å². The van der Waals surface area contributed by atoms with Gasteiger partial charge >= 0.3 is 0 Å². The Morgan fingerprint density at radius 1 is 1.18 bits per heavy atom. The number of benzene rings is 2. The minimum Gasteiger partial charge on any atom is -0.381 e. The number of rotatable bonds is 3. The maximum Gasteiger partial charge on any atom is 0.137 e. The topological polar surface area (TPSA) is 12.0 Å². The first-order valence-corrected chi connectivity index (χ1v) is 6.26. The number of hydrogen-bond donors (Lipinski definition) is 1. The zero-order chi connectivity index (χ0) is 12.3. The molecule has 0 saturated heterocycles. The van der Waals surface area contributed by atoms with E-state index in [0.29, 0.717) is 11.0 Å². The van der Waals surface area contributed by atoms with Gasteiger partial charge in [-0.15, -0.1) is 0 Å². The Balaban J connectivity index is 2.08. The molecule has 0 spiro atoms. The highest BCUT2D eigenvalue weighted by Crippen LogP contribution is 2.21. The molecule has 0 aliphatic heterocycles. The Bertz CT molecular complexity index is 531. The zero-order valence-electron chi connectivity index (χ0n) is 8.88. The van der Waals surface area contributed by atoms with Crippen molar-refractivity contribution in [3.8, 4) is 0 Å². The molecular weight excluding hydrogens is 305 g/mol. The first-order chi connectivity index (χ1) is 8.16. The number of hydrogen-bond acceptors (Lipinski definition) is 1. The van der Waals surface area contributed by atoms with Gasteiger partial charge in [-0.25, -0.2) is 4.39 Å². The lowest BCUT2D eigenvalue weighted by Gasteiger charge is -2.08. The highest BCUT2D eigenvalue weighted by atomic mass is 79.9. The van der Waals surface area contributed by atoms with Crippen LogP contribution in [0.3, 0.4) is 0 Å². The third kappa shape index (κ3) is 3.20. The molecule has 0 unspecified atom stereocenters. The Hall–Kier alpha value is -1.06. The normalized spacial score (nSPS) is 10.3. The average molecular weight is 315 g/mol. The standard InChI is InChI=1S/C13H10BrClFN/c14-11-7-10(5-6-13(11)16)17-8-9-3-1-2-4-12(9)15/h1-7,17H,8H2. The summed E-state index contributed by atoms with van der Waals surface area (Å²) in [6.07, 6.45) is 0. The van der Waals surface area contributed by atoms with Crippen molar-refractivity contribution in [2.24, 2.45) is 0 Å². The van der Waals surface area contributed by atoms with Gasteiger partial charge in [-0.1, -0.05) is 29.8 Å². The Kier molecular flexibility index (Phi) is 4.02. The van der Waals surface area contributed by atoms with Crippen LogP contribution in [0.2, 0.25) is 5.02 Å². The molecule has 0 heterocycles. The van der Waals surface area contributed by atoms with Crippen LogP contribution in [0, 0.1) is 5.82 Å². The van der Waals surface area contributed by atoms with E-state index in [1.807, 2.05) is 24.3 Å². The molecule has 0 aromatic heterocycles. The van der Waals surface area contributed by atoms with Gasteiger partial charge in [0.05, 0.1) is 4.47 Å². The van der Waals surface area contributed by atoms with Crippen molar-refractivity contribution in [2.75, 3.05) is 5.32 Å². The van der Waals surface area contributed by atoms with Crippen molar-refractivity contribution < 1.29 is 4.39 Å². The van der Waals surface area contributed by atoms with E-state index >= 15 is 0 Å². The maximum atomic E-state index is 13.0. The van der Waals surface area contributed by atoms with Gasteiger partial charge in [-0.3, -0.25) is 0 Å².